The van der Waals surface area contributed by atoms with E-state index in [2.05, 4.69) is 23.3 Å². The summed E-state index contributed by atoms with van der Waals surface area (Å²) >= 11 is 5.95. The molecule has 0 aromatic heterocycles. The molecular weight excluding hydrogens is 418 g/mol. The lowest BCUT2D eigenvalue weighted by molar-refractivity contribution is -0.146. The molecule has 174 valence electrons. The van der Waals surface area contributed by atoms with Crippen molar-refractivity contribution in [3.63, 3.8) is 0 Å². The molecule has 2 saturated carbocycles. The molecule has 6 nitrogen and oxygen atoms in total. The fourth-order valence-corrected chi connectivity index (χ4v) is 5.69. The van der Waals surface area contributed by atoms with Gasteiger partial charge in [-0.2, -0.15) is 24.4 Å². The van der Waals surface area contributed by atoms with Gasteiger partial charge in [0.25, 0.3) is 0 Å². The van der Waals surface area contributed by atoms with E-state index >= 15 is 0 Å². The summed E-state index contributed by atoms with van der Waals surface area (Å²) in [6.45, 7) is 0.765. The average molecular weight is 460 g/mol. The highest BCUT2D eigenvalue weighted by Gasteiger charge is 2.40. The first kappa shape index (κ1) is 25.8. The molecule has 0 radical (unpaired) electrons. The van der Waals surface area contributed by atoms with Crippen molar-refractivity contribution in [1.82, 2.24) is 10.6 Å². The van der Waals surface area contributed by atoms with Gasteiger partial charge in [-0.3, -0.25) is 4.79 Å². The van der Waals surface area contributed by atoms with Gasteiger partial charge in [0.2, 0.25) is 5.91 Å². The van der Waals surface area contributed by atoms with Gasteiger partial charge in [0.15, 0.2) is 0 Å². The summed E-state index contributed by atoms with van der Waals surface area (Å²) in [6.07, 6.45) is 11.7. The minimum atomic E-state index is -0.550. The van der Waals surface area contributed by atoms with Crippen LogP contribution in [0.2, 0.25) is 0 Å². The Balaban J connectivity index is 2.05. The zero-order chi connectivity index (χ0) is 21.9. The summed E-state index contributed by atoms with van der Waals surface area (Å²) in [7, 11) is 1.39. The van der Waals surface area contributed by atoms with E-state index in [0.29, 0.717) is 30.1 Å². The normalized spacial score (nSPS) is 27.3. The van der Waals surface area contributed by atoms with Crippen LogP contribution in [0.25, 0.3) is 0 Å². The topological polar surface area (TPSA) is 93.4 Å². The van der Waals surface area contributed by atoms with Crippen LogP contribution in [0.3, 0.4) is 0 Å². The van der Waals surface area contributed by atoms with Gasteiger partial charge in [0.05, 0.1) is 7.11 Å². The minimum Gasteiger partial charge on any atom is -0.467 e. The van der Waals surface area contributed by atoms with Crippen LogP contribution in [-0.2, 0) is 14.3 Å². The molecule has 0 aromatic carbocycles. The lowest BCUT2D eigenvalue weighted by atomic mass is 9.66. The van der Waals surface area contributed by atoms with E-state index < -0.39 is 6.04 Å². The molecule has 0 heterocycles. The smallest absolute Gasteiger partial charge is 0.328 e. The number of thiol groups is 1. The molecule has 0 aromatic rings. The number of methoxy groups -OCH3 is 1. The summed E-state index contributed by atoms with van der Waals surface area (Å²) in [5.74, 6) is 2.11. The molecule has 1 amide bonds. The van der Waals surface area contributed by atoms with Gasteiger partial charge in [0.1, 0.15) is 6.04 Å². The molecule has 2 aliphatic carbocycles. The Bertz CT molecular complexity index is 532. The maximum atomic E-state index is 13.3. The average Bonchev–Trinajstić information content (AvgIpc) is 2.79. The van der Waals surface area contributed by atoms with Crippen molar-refractivity contribution in [2.75, 3.05) is 31.4 Å². The molecule has 0 unspecified atom stereocenters. The quantitative estimate of drug-likeness (QED) is 0.280. The van der Waals surface area contributed by atoms with E-state index in [1.807, 2.05) is 6.26 Å². The Morgan fingerprint density at radius 2 is 1.93 bits per heavy atom. The number of nitrogens with two attached hydrogens (primary N) is 1. The number of carbonyl (C=O) groups excluding carboxylic acids is 2. The molecule has 5 atom stereocenters. The second-order valence-electron chi connectivity index (χ2n) is 8.90. The molecule has 2 fully saturated rings. The van der Waals surface area contributed by atoms with Crippen molar-refractivity contribution in [2.45, 2.75) is 75.9 Å². The third kappa shape index (κ3) is 7.92. The van der Waals surface area contributed by atoms with Crippen LogP contribution in [0, 0.1) is 17.8 Å². The van der Waals surface area contributed by atoms with Gasteiger partial charge in [0, 0.05) is 30.3 Å². The Hall–Kier alpha value is -0.440. The first-order chi connectivity index (χ1) is 14.5. The van der Waals surface area contributed by atoms with E-state index in [1.54, 1.807) is 11.8 Å². The number of rotatable bonds is 11. The number of nitrogens with one attached hydrogen (secondary N) is 2. The van der Waals surface area contributed by atoms with Crippen molar-refractivity contribution in [3.8, 4) is 0 Å². The molecule has 0 saturated heterocycles. The monoisotopic (exact) mass is 459 g/mol. The van der Waals surface area contributed by atoms with Gasteiger partial charge in [-0.15, -0.1) is 0 Å². The third-order valence-electron chi connectivity index (χ3n) is 6.81. The lowest BCUT2D eigenvalue weighted by Crippen LogP contribution is -2.51. The van der Waals surface area contributed by atoms with E-state index in [4.69, 9.17) is 10.5 Å². The first-order valence-electron chi connectivity index (χ1n) is 11.5. The Labute approximate surface area is 192 Å². The van der Waals surface area contributed by atoms with Crippen LogP contribution >= 0.6 is 24.4 Å². The molecule has 0 spiro atoms. The molecular formula is C22H41N3O3S2. The molecule has 2 rings (SSSR count). The van der Waals surface area contributed by atoms with Crippen molar-refractivity contribution < 1.29 is 14.3 Å². The summed E-state index contributed by atoms with van der Waals surface area (Å²) in [5.41, 5.74) is 6.03. The molecule has 0 aliphatic heterocycles. The molecule has 2 aliphatic rings. The predicted octanol–water partition coefficient (Wildman–Crippen LogP) is 2.61. The standard InChI is InChI=1S/C22H41N3O3S2/c1-28-22(27)20(10-11-30-2)25-21(26)18-9-8-17(24-13-16(23)14-29)12-19(18)15-6-4-3-5-7-15/h15-20,24,29H,3-14,23H2,1-2H3,(H,25,26)/t16-,17-,18-,19+,20+/m1/s1. The Morgan fingerprint density at radius 1 is 1.20 bits per heavy atom. The van der Waals surface area contributed by atoms with Gasteiger partial charge < -0.3 is 21.1 Å². The van der Waals surface area contributed by atoms with Crippen molar-refractivity contribution in [3.05, 3.63) is 0 Å². The minimum absolute atomic E-state index is 0.0221. The fourth-order valence-electron chi connectivity index (χ4n) is 5.09. The van der Waals surface area contributed by atoms with Gasteiger partial charge in [-0.05, 0) is 49.5 Å². The highest BCUT2D eigenvalue weighted by Crippen LogP contribution is 2.42. The van der Waals surface area contributed by atoms with Gasteiger partial charge >= 0.3 is 5.97 Å². The second-order valence-corrected chi connectivity index (χ2v) is 10.2. The van der Waals surface area contributed by atoms with Crippen LogP contribution in [0.5, 0.6) is 0 Å². The van der Waals surface area contributed by atoms with Crippen molar-refractivity contribution >= 4 is 36.3 Å². The maximum absolute atomic E-state index is 13.3. The van der Waals surface area contributed by atoms with E-state index in [-0.39, 0.29) is 23.8 Å². The van der Waals surface area contributed by atoms with E-state index in [9.17, 15) is 9.59 Å². The van der Waals surface area contributed by atoms with Crippen LogP contribution in [0.1, 0.15) is 57.8 Å². The number of esters is 1. The van der Waals surface area contributed by atoms with Crippen LogP contribution in [-0.4, -0.2) is 61.4 Å². The Kier molecular flexibility index (Phi) is 11.9. The first-order valence-corrected chi connectivity index (χ1v) is 13.5. The maximum Gasteiger partial charge on any atom is 0.328 e. The highest BCUT2D eigenvalue weighted by atomic mass is 32.2. The zero-order valence-corrected chi connectivity index (χ0v) is 20.3. The van der Waals surface area contributed by atoms with Crippen LogP contribution < -0.4 is 16.4 Å². The molecule has 8 heteroatoms. The number of hydrogen-bond acceptors (Lipinski definition) is 7. The van der Waals surface area contributed by atoms with Crippen molar-refractivity contribution in [2.24, 2.45) is 23.5 Å². The lowest BCUT2D eigenvalue weighted by Gasteiger charge is -2.42. The number of amides is 1. The summed E-state index contributed by atoms with van der Waals surface area (Å²) in [6, 6.07) is -0.0919. The third-order valence-corrected chi connectivity index (χ3v) is 7.92. The number of thioether (sulfide) groups is 1. The van der Waals surface area contributed by atoms with Crippen LogP contribution in [0.4, 0.5) is 0 Å². The number of hydrogen-bond donors (Lipinski definition) is 4. The van der Waals surface area contributed by atoms with Gasteiger partial charge in [-0.1, -0.05) is 32.1 Å². The largest absolute Gasteiger partial charge is 0.467 e. The predicted molar refractivity (Wildman–Crippen MR) is 128 cm³/mol. The zero-order valence-electron chi connectivity index (χ0n) is 18.6. The number of carbonyl (C=O) groups is 2. The summed E-state index contributed by atoms with van der Waals surface area (Å²) in [4.78, 5) is 25.5. The molecule has 4 N–H and O–H groups in total. The SMILES string of the molecule is COC(=O)[C@H](CCSC)NC(=O)[C@@H]1CC[C@@H](NC[C@@H](N)CS)C[C@H]1C1CCCCC1. The van der Waals surface area contributed by atoms with Gasteiger partial charge in [-0.25, -0.2) is 4.79 Å². The fraction of sp³-hybridized carbons (Fsp3) is 0.909. The second kappa shape index (κ2) is 13.9. The summed E-state index contributed by atoms with van der Waals surface area (Å²) < 4.78 is 4.93. The summed E-state index contributed by atoms with van der Waals surface area (Å²) in [5, 5.41) is 6.65. The molecule has 0 bridgehead atoms. The number of ether oxygens (including phenoxy) is 1. The van der Waals surface area contributed by atoms with E-state index in [0.717, 1.165) is 31.6 Å². The van der Waals surface area contributed by atoms with E-state index in [1.165, 1.54) is 39.2 Å². The van der Waals surface area contributed by atoms with Crippen LogP contribution in [0.15, 0.2) is 0 Å². The highest BCUT2D eigenvalue weighted by molar-refractivity contribution is 7.98. The van der Waals surface area contributed by atoms with Crippen molar-refractivity contribution in [1.29, 1.82) is 0 Å². The molecule has 30 heavy (non-hydrogen) atoms. The Morgan fingerprint density at radius 3 is 2.57 bits per heavy atom.